The average molecular weight is 459 g/mol. The highest BCUT2D eigenvalue weighted by Crippen LogP contribution is 2.35. The summed E-state index contributed by atoms with van der Waals surface area (Å²) in [5.74, 6) is 3.21. The fourth-order valence-electron chi connectivity index (χ4n) is 4.77. The van der Waals surface area contributed by atoms with Crippen molar-refractivity contribution in [3.63, 3.8) is 0 Å². The number of nitrogens with one attached hydrogen (secondary N) is 1. The lowest BCUT2D eigenvalue weighted by Gasteiger charge is -2.33. The maximum Gasteiger partial charge on any atom is 0.407 e. The van der Waals surface area contributed by atoms with Gasteiger partial charge in [0.05, 0.1) is 30.9 Å². The Morgan fingerprint density at radius 3 is 2.74 bits per heavy atom. The summed E-state index contributed by atoms with van der Waals surface area (Å²) >= 11 is 0. The molecule has 5 heterocycles. The van der Waals surface area contributed by atoms with Crippen LogP contribution in [0.15, 0.2) is 49.2 Å². The summed E-state index contributed by atoms with van der Waals surface area (Å²) in [6.45, 7) is 1.09. The molecule has 0 radical (unpaired) electrons. The van der Waals surface area contributed by atoms with Crippen LogP contribution in [0.4, 0.5) is 22.2 Å². The van der Waals surface area contributed by atoms with Gasteiger partial charge < -0.3 is 25.0 Å². The third kappa shape index (κ3) is 3.31. The van der Waals surface area contributed by atoms with Crippen molar-refractivity contribution in [2.75, 3.05) is 30.4 Å². The van der Waals surface area contributed by atoms with Crippen LogP contribution in [0.5, 0.6) is 5.75 Å². The number of carbonyl (C=O) groups is 1. The molecule has 2 saturated heterocycles. The number of hydrogen-bond donors (Lipinski definition) is 2. The van der Waals surface area contributed by atoms with E-state index < -0.39 is 6.09 Å². The molecule has 34 heavy (non-hydrogen) atoms. The molecular formula is C22H21N9O3. The van der Waals surface area contributed by atoms with E-state index in [2.05, 4.69) is 30.2 Å². The average Bonchev–Trinajstić information content (AvgIpc) is 3.58. The summed E-state index contributed by atoms with van der Waals surface area (Å²) in [6.07, 6.45) is 6.29. The van der Waals surface area contributed by atoms with Crippen molar-refractivity contribution in [2.45, 2.75) is 18.5 Å². The van der Waals surface area contributed by atoms with E-state index in [1.807, 2.05) is 24.3 Å². The second-order valence-electron chi connectivity index (χ2n) is 8.22. The van der Waals surface area contributed by atoms with Crippen molar-refractivity contribution in [3.8, 4) is 11.6 Å². The number of benzene rings is 1. The molecule has 6 rings (SSSR count). The molecule has 0 spiro atoms. The lowest BCUT2D eigenvalue weighted by Crippen LogP contribution is -2.48. The molecule has 0 saturated carbocycles. The molecule has 1 aromatic carbocycles. The van der Waals surface area contributed by atoms with Crippen molar-refractivity contribution >= 4 is 34.4 Å². The predicted octanol–water partition coefficient (Wildman–Crippen LogP) is 2.30. The second kappa shape index (κ2) is 7.83. The van der Waals surface area contributed by atoms with Gasteiger partial charge in [-0.3, -0.25) is 4.98 Å². The largest absolute Gasteiger partial charge is 0.497 e. The Hall–Kier alpha value is -4.48. The quantitative estimate of drug-likeness (QED) is 0.458. The van der Waals surface area contributed by atoms with Crippen LogP contribution in [-0.2, 0) is 0 Å². The Kier molecular flexibility index (Phi) is 4.64. The third-order valence-electron chi connectivity index (χ3n) is 6.33. The van der Waals surface area contributed by atoms with Gasteiger partial charge in [0.1, 0.15) is 23.7 Å². The van der Waals surface area contributed by atoms with Gasteiger partial charge in [0.25, 0.3) is 0 Å². The van der Waals surface area contributed by atoms with Gasteiger partial charge in [-0.1, -0.05) is 0 Å². The van der Waals surface area contributed by atoms with Gasteiger partial charge in [-0.05, 0) is 18.6 Å². The van der Waals surface area contributed by atoms with Crippen LogP contribution in [0.25, 0.3) is 16.7 Å². The molecule has 4 aromatic rings. The molecule has 12 heteroatoms. The Bertz CT molecular complexity index is 1380. The van der Waals surface area contributed by atoms with Crippen LogP contribution in [0.3, 0.4) is 0 Å². The minimum Gasteiger partial charge on any atom is -0.497 e. The van der Waals surface area contributed by atoms with Gasteiger partial charge in [0.15, 0.2) is 11.6 Å². The number of amides is 1. The van der Waals surface area contributed by atoms with E-state index in [0.29, 0.717) is 36.3 Å². The lowest BCUT2D eigenvalue weighted by molar-refractivity contribution is 0.137. The number of nitrogens with zero attached hydrogens (tertiary/aromatic N) is 8. The van der Waals surface area contributed by atoms with Gasteiger partial charge in [0, 0.05) is 43.0 Å². The first kappa shape index (κ1) is 20.1. The summed E-state index contributed by atoms with van der Waals surface area (Å²) < 4.78 is 7.17. The van der Waals surface area contributed by atoms with Crippen molar-refractivity contribution in [2.24, 2.45) is 0 Å². The molecule has 3 aromatic heterocycles. The molecule has 0 aliphatic carbocycles. The molecule has 12 nitrogen and oxygen atoms in total. The summed E-state index contributed by atoms with van der Waals surface area (Å²) in [5, 5.41) is 18.2. The van der Waals surface area contributed by atoms with Gasteiger partial charge >= 0.3 is 6.09 Å². The summed E-state index contributed by atoms with van der Waals surface area (Å²) in [7, 11) is 1.62. The van der Waals surface area contributed by atoms with Crippen LogP contribution in [0, 0.1) is 0 Å². The molecule has 0 unspecified atom stereocenters. The SMILES string of the molecule is COc1ccc2c(Nc3cnccn3)nn(-c3cc(N4C[C@@H]5C[C@H]4CN5C(=O)O)ncn3)c2c1. The van der Waals surface area contributed by atoms with Gasteiger partial charge in [0.2, 0.25) is 0 Å². The molecule has 2 atom stereocenters. The second-order valence-corrected chi connectivity index (χ2v) is 8.22. The summed E-state index contributed by atoms with van der Waals surface area (Å²) in [6, 6.07) is 7.67. The van der Waals surface area contributed by atoms with Gasteiger partial charge in [-0.2, -0.15) is 0 Å². The maximum absolute atomic E-state index is 11.4. The first-order chi connectivity index (χ1) is 16.6. The Morgan fingerprint density at radius 2 is 2.00 bits per heavy atom. The van der Waals surface area contributed by atoms with Crippen LogP contribution in [0.1, 0.15) is 6.42 Å². The number of hydrogen-bond acceptors (Lipinski definition) is 9. The molecule has 2 N–H and O–H groups in total. The first-order valence-electron chi connectivity index (χ1n) is 10.8. The van der Waals surface area contributed by atoms with E-state index in [9.17, 15) is 9.90 Å². The topological polar surface area (TPSA) is 134 Å². The van der Waals surface area contributed by atoms with E-state index in [4.69, 9.17) is 9.84 Å². The Labute approximate surface area is 193 Å². The number of likely N-dealkylation sites (tertiary alicyclic amines) is 1. The van der Waals surface area contributed by atoms with Gasteiger partial charge in [-0.25, -0.2) is 24.4 Å². The van der Waals surface area contributed by atoms with Crippen molar-refractivity contribution in [3.05, 3.63) is 49.2 Å². The third-order valence-corrected chi connectivity index (χ3v) is 6.33. The maximum atomic E-state index is 11.4. The number of fused-ring (bicyclic) bond motifs is 3. The van der Waals surface area contributed by atoms with Gasteiger partial charge in [-0.15, -0.1) is 5.10 Å². The number of carboxylic acid groups (broad SMARTS) is 1. The molecule has 2 aliphatic rings. The number of anilines is 3. The first-order valence-corrected chi connectivity index (χ1v) is 10.8. The molecule has 2 aliphatic heterocycles. The fourth-order valence-corrected chi connectivity index (χ4v) is 4.77. The van der Waals surface area contributed by atoms with Crippen LogP contribution >= 0.6 is 0 Å². The van der Waals surface area contributed by atoms with E-state index in [1.165, 1.54) is 11.2 Å². The Balaban J connectivity index is 1.38. The van der Waals surface area contributed by atoms with Crippen LogP contribution in [0.2, 0.25) is 0 Å². The zero-order chi connectivity index (χ0) is 23.2. The smallest absolute Gasteiger partial charge is 0.407 e. The van der Waals surface area contributed by atoms with E-state index >= 15 is 0 Å². The van der Waals surface area contributed by atoms with E-state index in [1.54, 1.807) is 30.4 Å². The number of rotatable bonds is 5. The summed E-state index contributed by atoms with van der Waals surface area (Å²) in [4.78, 5) is 32.4. The number of ether oxygens (including phenoxy) is 1. The standard InChI is InChI=1S/C22H21N9O3/c1-34-15-2-3-16-17(7-15)31(28-21(16)27-18-9-23-4-5-24-18)20-8-19(25-12-26-20)29-10-14-6-13(29)11-30(14)22(32)33/h2-5,7-9,12-14H,6,10-11H2,1H3,(H,32,33)(H,24,27,28)/t13-,14-/m0/s1. The fraction of sp³-hybridized carbons (Fsp3) is 0.273. The van der Waals surface area contributed by atoms with Crippen LogP contribution < -0.4 is 15.0 Å². The Morgan fingerprint density at radius 1 is 1.12 bits per heavy atom. The molecule has 1 amide bonds. The molecule has 2 bridgehead atoms. The zero-order valence-electron chi connectivity index (χ0n) is 18.2. The molecular weight excluding hydrogens is 438 g/mol. The number of methoxy groups -OCH3 is 1. The predicted molar refractivity (Wildman–Crippen MR) is 123 cm³/mol. The highest BCUT2D eigenvalue weighted by Gasteiger charge is 2.46. The number of piperazine rings is 1. The minimum atomic E-state index is -0.865. The zero-order valence-corrected chi connectivity index (χ0v) is 18.2. The number of aromatic nitrogens is 6. The normalized spacial score (nSPS) is 19.1. The molecule has 172 valence electrons. The highest BCUT2D eigenvalue weighted by molar-refractivity contribution is 5.93. The van der Waals surface area contributed by atoms with Crippen molar-refractivity contribution < 1.29 is 14.6 Å². The van der Waals surface area contributed by atoms with E-state index in [-0.39, 0.29) is 12.1 Å². The lowest BCUT2D eigenvalue weighted by atomic mass is 10.2. The molecule has 2 fully saturated rings. The van der Waals surface area contributed by atoms with E-state index in [0.717, 1.165) is 23.1 Å². The van der Waals surface area contributed by atoms with Crippen molar-refractivity contribution in [1.82, 2.24) is 34.6 Å². The minimum absolute atomic E-state index is 0.0153. The highest BCUT2D eigenvalue weighted by atomic mass is 16.5. The van der Waals surface area contributed by atoms with Crippen LogP contribution in [-0.4, -0.2) is 78.1 Å². The van der Waals surface area contributed by atoms with Crippen molar-refractivity contribution in [1.29, 1.82) is 0 Å². The monoisotopic (exact) mass is 459 g/mol. The summed E-state index contributed by atoms with van der Waals surface area (Å²) in [5.41, 5.74) is 0.801.